The molecule has 5 nitrogen and oxygen atoms in total. The van der Waals surface area contributed by atoms with Crippen LogP contribution in [-0.2, 0) is 12.8 Å². The molecule has 106 valence electrons. The van der Waals surface area contributed by atoms with Crippen LogP contribution in [0.3, 0.4) is 0 Å². The maximum absolute atomic E-state index is 9.91. The van der Waals surface area contributed by atoms with Gasteiger partial charge in [-0.2, -0.15) is 0 Å². The Balaban J connectivity index is 1.82. The van der Waals surface area contributed by atoms with E-state index in [1.807, 2.05) is 41.9 Å². The second-order valence-electron chi connectivity index (χ2n) is 4.49. The lowest BCUT2D eigenvalue weighted by molar-refractivity contribution is 0.476. The van der Waals surface area contributed by atoms with Gasteiger partial charge in [-0.3, -0.25) is 4.98 Å². The lowest BCUT2D eigenvalue weighted by atomic mass is 10.2. The fraction of sp³-hybridized carbons (Fsp3) is 0.133. The van der Waals surface area contributed by atoms with E-state index in [2.05, 4.69) is 15.2 Å². The van der Waals surface area contributed by atoms with Crippen molar-refractivity contribution in [2.75, 3.05) is 0 Å². The normalized spacial score (nSPS) is 10.7. The molecule has 0 bridgehead atoms. The van der Waals surface area contributed by atoms with Gasteiger partial charge in [-0.1, -0.05) is 30.0 Å². The van der Waals surface area contributed by atoms with E-state index in [-0.39, 0.29) is 5.75 Å². The largest absolute Gasteiger partial charge is 0.507 e. The lowest BCUT2D eigenvalue weighted by Crippen LogP contribution is -1.95. The summed E-state index contributed by atoms with van der Waals surface area (Å²) in [6.45, 7) is 0. The van der Waals surface area contributed by atoms with Crippen molar-refractivity contribution in [1.29, 1.82) is 0 Å². The predicted molar refractivity (Wildman–Crippen MR) is 81.9 cm³/mol. The highest BCUT2D eigenvalue weighted by Crippen LogP contribution is 2.29. The molecule has 21 heavy (non-hydrogen) atoms. The number of thioether (sulfide) groups is 1. The van der Waals surface area contributed by atoms with Crippen LogP contribution in [0.2, 0.25) is 0 Å². The smallest absolute Gasteiger partial charge is 0.191 e. The first-order valence-corrected chi connectivity index (χ1v) is 7.45. The molecule has 1 N–H and O–H groups in total. The maximum atomic E-state index is 9.91. The molecule has 3 aromatic rings. The zero-order chi connectivity index (χ0) is 14.7. The minimum atomic E-state index is 0.203. The predicted octanol–water partition coefficient (Wildman–Crippen LogP) is 2.88. The van der Waals surface area contributed by atoms with Gasteiger partial charge in [0.1, 0.15) is 5.75 Å². The topological polar surface area (TPSA) is 63.8 Å². The summed E-state index contributed by atoms with van der Waals surface area (Å²) in [4.78, 5) is 4.28. The molecular formula is C15H14N4OS. The number of phenolic OH excluding ortho intramolecular Hbond substituents is 1. The Labute approximate surface area is 126 Å². The summed E-state index contributed by atoms with van der Waals surface area (Å²) in [5, 5.41) is 19.1. The molecule has 0 aliphatic rings. The molecule has 0 radical (unpaired) electrons. The van der Waals surface area contributed by atoms with Gasteiger partial charge in [0.2, 0.25) is 0 Å². The Hall–Kier alpha value is -2.34. The average Bonchev–Trinajstić information content (AvgIpc) is 2.88. The van der Waals surface area contributed by atoms with Crippen LogP contribution in [0.25, 0.3) is 11.4 Å². The third kappa shape index (κ3) is 2.90. The molecule has 0 saturated heterocycles. The first kappa shape index (κ1) is 13.6. The van der Waals surface area contributed by atoms with Crippen LogP contribution in [0, 0.1) is 0 Å². The maximum Gasteiger partial charge on any atom is 0.191 e. The van der Waals surface area contributed by atoms with E-state index >= 15 is 0 Å². The number of para-hydroxylation sites is 1. The molecule has 2 heterocycles. The van der Waals surface area contributed by atoms with Gasteiger partial charge < -0.3 is 9.67 Å². The molecule has 0 unspecified atom stereocenters. The van der Waals surface area contributed by atoms with E-state index in [0.717, 1.165) is 16.6 Å². The number of benzene rings is 1. The van der Waals surface area contributed by atoms with Crippen LogP contribution in [-0.4, -0.2) is 24.9 Å². The molecule has 0 amide bonds. The van der Waals surface area contributed by atoms with Crippen molar-refractivity contribution in [3.63, 3.8) is 0 Å². The Morgan fingerprint density at radius 3 is 2.67 bits per heavy atom. The fourth-order valence-corrected chi connectivity index (χ4v) is 2.79. The molecule has 1 aromatic carbocycles. The average molecular weight is 298 g/mol. The minimum absolute atomic E-state index is 0.203. The number of hydrogen-bond donors (Lipinski definition) is 1. The van der Waals surface area contributed by atoms with Crippen molar-refractivity contribution in [3.8, 4) is 17.1 Å². The molecule has 0 spiro atoms. The molecular weight excluding hydrogens is 284 g/mol. The summed E-state index contributed by atoms with van der Waals surface area (Å²) in [5.41, 5.74) is 1.67. The summed E-state index contributed by atoms with van der Waals surface area (Å²) in [6, 6.07) is 13.0. The van der Waals surface area contributed by atoms with Crippen molar-refractivity contribution < 1.29 is 5.11 Å². The van der Waals surface area contributed by atoms with E-state index in [1.165, 1.54) is 0 Å². The summed E-state index contributed by atoms with van der Waals surface area (Å²) in [5.74, 6) is 1.58. The fourth-order valence-electron chi connectivity index (χ4n) is 1.96. The van der Waals surface area contributed by atoms with Gasteiger partial charge in [0.05, 0.1) is 11.3 Å². The number of nitrogens with zero attached hydrogens (tertiary/aromatic N) is 4. The van der Waals surface area contributed by atoms with E-state index in [4.69, 9.17) is 0 Å². The monoisotopic (exact) mass is 298 g/mol. The Bertz CT molecular complexity index is 742. The van der Waals surface area contributed by atoms with Gasteiger partial charge in [0.15, 0.2) is 11.0 Å². The van der Waals surface area contributed by atoms with Gasteiger partial charge in [-0.25, -0.2) is 0 Å². The summed E-state index contributed by atoms with van der Waals surface area (Å²) < 4.78 is 1.88. The van der Waals surface area contributed by atoms with E-state index in [0.29, 0.717) is 11.4 Å². The highest BCUT2D eigenvalue weighted by molar-refractivity contribution is 7.98. The van der Waals surface area contributed by atoms with Gasteiger partial charge in [-0.05, 0) is 24.3 Å². The number of hydrogen-bond acceptors (Lipinski definition) is 5. The molecule has 0 atom stereocenters. The van der Waals surface area contributed by atoms with Crippen molar-refractivity contribution in [3.05, 3.63) is 54.4 Å². The van der Waals surface area contributed by atoms with Crippen molar-refractivity contribution in [1.82, 2.24) is 19.7 Å². The highest BCUT2D eigenvalue weighted by atomic mass is 32.2. The molecule has 0 aliphatic carbocycles. The van der Waals surface area contributed by atoms with E-state index < -0.39 is 0 Å². The van der Waals surface area contributed by atoms with Gasteiger partial charge >= 0.3 is 0 Å². The van der Waals surface area contributed by atoms with Crippen LogP contribution in [0.5, 0.6) is 5.75 Å². The van der Waals surface area contributed by atoms with Crippen LogP contribution >= 0.6 is 11.8 Å². The SMILES string of the molecule is Cn1c(SCc2ccccn2)nnc1-c1ccccc1O. The number of pyridine rings is 1. The number of phenols is 1. The minimum Gasteiger partial charge on any atom is -0.507 e. The van der Waals surface area contributed by atoms with Gasteiger partial charge in [0, 0.05) is 19.0 Å². The molecule has 0 fully saturated rings. The quantitative estimate of drug-likeness (QED) is 0.750. The zero-order valence-electron chi connectivity index (χ0n) is 11.5. The van der Waals surface area contributed by atoms with Gasteiger partial charge in [-0.15, -0.1) is 10.2 Å². The van der Waals surface area contributed by atoms with Crippen LogP contribution < -0.4 is 0 Å². The second kappa shape index (κ2) is 5.97. The first-order valence-electron chi connectivity index (χ1n) is 6.46. The van der Waals surface area contributed by atoms with Crippen molar-refractivity contribution in [2.24, 2.45) is 7.05 Å². The van der Waals surface area contributed by atoms with Crippen LogP contribution in [0.4, 0.5) is 0 Å². The highest BCUT2D eigenvalue weighted by Gasteiger charge is 2.14. The lowest BCUT2D eigenvalue weighted by Gasteiger charge is -2.05. The first-order chi connectivity index (χ1) is 10.3. The molecule has 0 saturated carbocycles. The van der Waals surface area contributed by atoms with Crippen molar-refractivity contribution in [2.45, 2.75) is 10.9 Å². The summed E-state index contributed by atoms with van der Waals surface area (Å²) in [7, 11) is 1.89. The summed E-state index contributed by atoms with van der Waals surface area (Å²) in [6.07, 6.45) is 1.78. The third-order valence-corrected chi connectivity index (χ3v) is 4.11. The Kier molecular flexibility index (Phi) is 3.87. The van der Waals surface area contributed by atoms with E-state index in [1.54, 1.807) is 30.1 Å². The molecule has 2 aromatic heterocycles. The Morgan fingerprint density at radius 1 is 1.10 bits per heavy atom. The summed E-state index contributed by atoms with van der Waals surface area (Å²) >= 11 is 1.57. The van der Waals surface area contributed by atoms with Crippen molar-refractivity contribution >= 4 is 11.8 Å². The standard InChI is InChI=1S/C15H14N4OS/c1-19-14(12-7-2-3-8-13(12)20)17-18-15(19)21-10-11-6-4-5-9-16-11/h2-9,20H,10H2,1H3. The Morgan fingerprint density at radius 2 is 1.90 bits per heavy atom. The number of rotatable bonds is 4. The van der Waals surface area contributed by atoms with E-state index in [9.17, 15) is 5.11 Å². The van der Waals surface area contributed by atoms with Crippen LogP contribution in [0.15, 0.2) is 53.8 Å². The number of aromatic nitrogens is 4. The molecule has 6 heteroatoms. The second-order valence-corrected chi connectivity index (χ2v) is 5.43. The molecule has 3 rings (SSSR count). The molecule has 0 aliphatic heterocycles. The number of aromatic hydroxyl groups is 1. The van der Waals surface area contributed by atoms with Crippen LogP contribution in [0.1, 0.15) is 5.69 Å². The third-order valence-electron chi connectivity index (χ3n) is 3.06. The van der Waals surface area contributed by atoms with Gasteiger partial charge in [0.25, 0.3) is 0 Å². The zero-order valence-corrected chi connectivity index (χ0v) is 12.3.